The van der Waals surface area contributed by atoms with Crippen molar-refractivity contribution in [1.82, 2.24) is 14.9 Å². The van der Waals surface area contributed by atoms with Gasteiger partial charge in [-0.2, -0.15) is 0 Å². The standard InChI is InChI=1S/C20H19FN4O2/c1-12-10-23-20(26)18-17(24-16-5-3-4-15(21)19(16)27-2)14(11-25(12)18)13-6-8-22-9-7-13/h3-9,11-12,24H,10H2,1-2H3,(H,23,26)/t12-/m0/s1. The lowest BCUT2D eigenvalue weighted by Crippen LogP contribution is -2.37. The van der Waals surface area contributed by atoms with Gasteiger partial charge in [-0.3, -0.25) is 9.78 Å². The van der Waals surface area contributed by atoms with Crippen molar-refractivity contribution in [2.45, 2.75) is 13.0 Å². The second-order valence-electron chi connectivity index (χ2n) is 6.41. The van der Waals surface area contributed by atoms with Gasteiger partial charge in [-0.15, -0.1) is 0 Å². The normalized spacial score (nSPS) is 15.8. The van der Waals surface area contributed by atoms with Gasteiger partial charge < -0.3 is 19.9 Å². The molecule has 1 atom stereocenters. The molecular weight excluding hydrogens is 347 g/mol. The summed E-state index contributed by atoms with van der Waals surface area (Å²) in [7, 11) is 1.41. The first-order chi connectivity index (χ1) is 13.1. The molecule has 4 rings (SSSR count). The molecule has 3 heterocycles. The Hall–Kier alpha value is -3.35. The molecule has 27 heavy (non-hydrogen) atoms. The third-order valence-corrected chi connectivity index (χ3v) is 4.70. The minimum Gasteiger partial charge on any atom is -0.492 e. The van der Waals surface area contributed by atoms with E-state index in [9.17, 15) is 9.18 Å². The zero-order valence-electron chi connectivity index (χ0n) is 15.0. The molecule has 1 aromatic carbocycles. The molecule has 2 N–H and O–H groups in total. The van der Waals surface area contributed by atoms with E-state index in [0.29, 0.717) is 23.6 Å². The number of carbonyl (C=O) groups excluding carboxylic acids is 1. The number of aromatic nitrogens is 2. The lowest BCUT2D eigenvalue weighted by atomic mass is 10.1. The summed E-state index contributed by atoms with van der Waals surface area (Å²) >= 11 is 0. The van der Waals surface area contributed by atoms with Crippen LogP contribution in [-0.2, 0) is 0 Å². The summed E-state index contributed by atoms with van der Waals surface area (Å²) in [6.45, 7) is 2.59. The Morgan fingerprint density at radius 1 is 1.30 bits per heavy atom. The molecule has 2 aromatic heterocycles. The number of hydrogen-bond acceptors (Lipinski definition) is 4. The number of nitrogens with one attached hydrogen (secondary N) is 2. The van der Waals surface area contributed by atoms with Gasteiger partial charge in [-0.1, -0.05) is 6.07 Å². The van der Waals surface area contributed by atoms with Gasteiger partial charge in [0.05, 0.1) is 18.5 Å². The number of nitrogens with zero attached hydrogens (tertiary/aromatic N) is 2. The second kappa shape index (κ2) is 6.75. The number of hydrogen-bond donors (Lipinski definition) is 2. The first kappa shape index (κ1) is 17.1. The minimum absolute atomic E-state index is 0.0994. The number of ether oxygens (including phenoxy) is 1. The largest absolute Gasteiger partial charge is 0.492 e. The molecular formula is C20H19FN4O2. The summed E-state index contributed by atoms with van der Waals surface area (Å²) in [5.74, 6) is -0.549. The SMILES string of the molecule is COc1c(F)cccc1Nc1c(-c2ccncc2)cn2c1C(=O)NC[C@@H]2C. The molecule has 0 saturated heterocycles. The Labute approximate surface area is 156 Å². The monoisotopic (exact) mass is 366 g/mol. The van der Waals surface area contributed by atoms with Crippen LogP contribution in [0.15, 0.2) is 48.9 Å². The number of amides is 1. The van der Waals surface area contributed by atoms with E-state index in [1.165, 1.54) is 13.2 Å². The fourth-order valence-electron chi connectivity index (χ4n) is 3.35. The number of methoxy groups -OCH3 is 1. The quantitative estimate of drug-likeness (QED) is 0.738. The minimum atomic E-state index is -0.473. The maximum absolute atomic E-state index is 14.1. The molecule has 1 aliphatic rings. The van der Waals surface area contributed by atoms with E-state index in [4.69, 9.17) is 4.74 Å². The van der Waals surface area contributed by atoms with Crippen molar-refractivity contribution in [1.29, 1.82) is 0 Å². The molecule has 7 heteroatoms. The first-order valence-corrected chi connectivity index (χ1v) is 8.63. The van der Waals surface area contributed by atoms with Gasteiger partial charge in [0.15, 0.2) is 11.6 Å². The van der Waals surface area contributed by atoms with Gasteiger partial charge in [-0.25, -0.2) is 4.39 Å². The maximum atomic E-state index is 14.1. The van der Waals surface area contributed by atoms with E-state index in [0.717, 1.165) is 11.1 Å². The Morgan fingerprint density at radius 3 is 2.81 bits per heavy atom. The molecule has 1 aliphatic heterocycles. The molecule has 0 spiro atoms. The number of anilines is 2. The van der Waals surface area contributed by atoms with Gasteiger partial charge in [-0.05, 0) is 36.8 Å². The summed E-state index contributed by atoms with van der Waals surface area (Å²) < 4.78 is 21.3. The van der Waals surface area contributed by atoms with Crippen molar-refractivity contribution >= 4 is 17.3 Å². The van der Waals surface area contributed by atoms with Crippen LogP contribution in [0, 0.1) is 5.82 Å². The zero-order chi connectivity index (χ0) is 19.0. The summed E-state index contributed by atoms with van der Waals surface area (Å²) in [6, 6.07) is 8.49. The summed E-state index contributed by atoms with van der Waals surface area (Å²) in [4.78, 5) is 16.7. The van der Waals surface area contributed by atoms with Crippen molar-refractivity contribution in [2.75, 3.05) is 19.0 Å². The van der Waals surface area contributed by atoms with Crippen LogP contribution in [0.3, 0.4) is 0 Å². The van der Waals surface area contributed by atoms with Crippen LogP contribution in [0.5, 0.6) is 5.75 Å². The average Bonchev–Trinajstić information content (AvgIpc) is 3.06. The highest BCUT2D eigenvalue weighted by Crippen LogP contribution is 2.40. The fourth-order valence-corrected chi connectivity index (χ4v) is 3.35. The predicted molar refractivity (Wildman–Crippen MR) is 101 cm³/mol. The number of pyridine rings is 1. The van der Waals surface area contributed by atoms with Crippen LogP contribution in [0.4, 0.5) is 15.8 Å². The Morgan fingerprint density at radius 2 is 2.07 bits per heavy atom. The number of para-hydroxylation sites is 1. The number of benzene rings is 1. The van der Waals surface area contributed by atoms with E-state index in [1.54, 1.807) is 24.5 Å². The first-order valence-electron chi connectivity index (χ1n) is 8.63. The third kappa shape index (κ3) is 2.91. The second-order valence-corrected chi connectivity index (χ2v) is 6.41. The van der Waals surface area contributed by atoms with Crippen LogP contribution < -0.4 is 15.4 Å². The molecule has 6 nitrogen and oxygen atoms in total. The van der Waals surface area contributed by atoms with E-state index in [-0.39, 0.29) is 17.7 Å². The van der Waals surface area contributed by atoms with E-state index < -0.39 is 5.82 Å². The lowest BCUT2D eigenvalue weighted by Gasteiger charge is -2.24. The van der Waals surface area contributed by atoms with E-state index in [1.807, 2.05) is 29.8 Å². The summed E-state index contributed by atoms with van der Waals surface area (Å²) in [5, 5.41) is 6.12. The highest BCUT2D eigenvalue weighted by Gasteiger charge is 2.29. The van der Waals surface area contributed by atoms with Gasteiger partial charge in [0.25, 0.3) is 5.91 Å². The average molecular weight is 366 g/mol. The van der Waals surface area contributed by atoms with Crippen LogP contribution in [-0.4, -0.2) is 29.1 Å². The summed E-state index contributed by atoms with van der Waals surface area (Å²) in [6.07, 6.45) is 5.34. The molecule has 0 bridgehead atoms. The Balaban J connectivity index is 1.91. The van der Waals surface area contributed by atoms with Crippen molar-refractivity contribution in [3.8, 4) is 16.9 Å². The van der Waals surface area contributed by atoms with Crippen molar-refractivity contribution < 1.29 is 13.9 Å². The van der Waals surface area contributed by atoms with Gasteiger partial charge in [0.1, 0.15) is 5.69 Å². The summed E-state index contributed by atoms with van der Waals surface area (Å²) in [5.41, 5.74) is 3.31. The topological polar surface area (TPSA) is 68.2 Å². The highest BCUT2D eigenvalue weighted by molar-refractivity contribution is 6.04. The molecule has 0 saturated carbocycles. The van der Waals surface area contributed by atoms with Crippen LogP contribution in [0.1, 0.15) is 23.5 Å². The van der Waals surface area contributed by atoms with Gasteiger partial charge >= 0.3 is 0 Å². The third-order valence-electron chi connectivity index (χ3n) is 4.70. The maximum Gasteiger partial charge on any atom is 0.270 e. The van der Waals surface area contributed by atoms with E-state index >= 15 is 0 Å². The Kier molecular flexibility index (Phi) is 4.27. The van der Waals surface area contributed by atoms with E-state index in [2.05, 4.69) is 15.6 Å². The number of halogens is 1. The molecule has 138 valence electrons. The molecule has 0 unspecified atom stereocenters. The van der Waals surface area contributed by atoms with Crippen LogP contribution in [0.2, 0.25) is 0 Å². The van der Waals surface area contributed by atoms with Crippen molar-refractivity contribution in [3.05, 3.63) is 60.4 Å². The van der Waals surface area contributed by atoms with Gasteiger partial charge in [0.2, 0.25) is 0 Å². The molecule has 0 radical (unpaired) electrons. The fraction of sp³-hybridized carbons (Fsp3) is 0.200. The van der Waals surface area contributed by atoms with Gasteiger partial charge in [0, 0.05) is 36.7 Å². The molecule has 3 aromatic rings. The van der Waals surface area contributed by atoms with Crippen molar-refractivity contribution in [2.24, 2.45) is 0 Å². The smallest absolute Gasteiger partial charge is 0.270 e. The molecule has 1 amide bonds. The number of fused-ring (bicyclic) bond motifs is 1. The predicted octanol–water partition coefficient (Wildman–Crippen LogP) is 3.75. The van der Waals surface area contributed by atoms with Crippen LogP contribution in [0.25, 0.3) is 11.1 Å². The zero-order valence-corrected chi connectivity index (χ0v) is 15.0. The molecule has 0 fully saturated rings. The highest BCUT2D eigenvalue weighted by atomic mass is 19.1. The van der Waals surface area contributed by atoms with Crippen LogP contribution >= 0.6 is 0 Å². The van der Waals surface area contributed by atoms with Crippen molar-refractivity contribution in [3.63, 3.8) is 0 Å². The number of rotatable bonds is 4. The molecule has 0 aliphatic carbocycles. The lowest BCUT2D eigenvalue weighted by molar-refractivity contribution is 0.0919. The Bertz CT molecular complexity index is 1000. The number of carbonyl (C=O) groups is 1.